The van der Waals surface area contributed by atoms with E-state index in [2.05, 4.69) is 16.0 Å². The van der Waals surface area contributed by atoms with Gasteiger partial charge < -0.3 is 30.5 Å². The van der Waals surface area contributed by atoms with Gasteiger partial charge in [-0.25, -0.2) is 9.59 Å². The Morgan fingerprint density at radius 3 is 1.74 bits per heavy atom. The Kier molecular flexibility index (Phi) is 13.7. The van der Waals surface area contributed by atoms with E-state index >= 15 is 0 Å². The van der Waals surface area contributed by atoms with E-state index in [1.807, 2.05) is 74.5 Å². The molecule has 4 atom stereocenters. The Hall–Kier alpha value is -3.43. The zero-order chi connectivity index (χ0) is 32.2. The molecule has 2 aromatic carbocycles. The van der Waals surface area contributed by atoms with Crippen LogP contribution in [-0.4, -0.2) is 65.1 Å². The molecule has 0 aliphatic heterocycles. The minimum atomic E-state index is -1.06. The molecule has 0 bridgehead atoms. The van der Waals surface area contributed by atoms with Crippen LogP contribution in [0.3, 0.4) is 0 Å². The maximum Gasteiger partial charge on any atom is 0.407 e. The number of amides is 2. The third-order valence-electron chi connectivity index (χ3n) is 6.35. The van der Waals surface area contributed by atoms with E-state index in [1.54, 1.807) is 41.5 Å². The maximum atomic E-state index is 13.7. The van der Waals surface area contributed by atoms with Gasteiger partial charge in [-0.1, -0.05) is 74.5 Å². The highest BCUT2D eigenvalue weighted by Crippen LogP contribution is 2.15. The molecule has 4 N–H and O–H groups in total. The number of rotatable bonds is 14. The van der Waals surface area contributed by atoms with Crippen LogP contribution in [0.1, 0.15) is 72.9 Å². The smallest absolute Gasteiger partial charge is 0.407 e. The molecule has 0 saturated heterocycles. The van der Waals surface area contributed by atoms with E-state index in [0.29, 0.717) is 19.3 Å². The summed E-state index contributed by atoms with van der Waals surface area (Å²) in [6, 6.07) is 16.7. The molecule has 0 heterocycles. The van der Waals surface area contributed by atoms with Gasteiger partial charge in [-0.05, 0) is 77.8 Å². The van der Waals surface area contributed by atoms with Crippen LogP contribution in [0.4, 0.5) is 4.79 Å². The summed E-state index contributed by atoms with van der Waals surface area (Å²) in [6.45, 7) is 14.6. The third kappa shape index (κ3) is 14.5. The second kappa shape index (κ2) is 16.4. The van der Waals surface area contributed by atoms with Crippen LogP contribution in [0.5, 0.6) is 0 Å². The molecular formula is C34H51N3O6. The first kappa shape index (κ1) is 35.8. The summed E-state index contributed by atoms with van der Waals surface area (Å²) in [6.07, 6.45) is -0.602. The highest BCUT2D eigenvalue weighted by atomic mass is 16.6. The molecule has 43 heavy (non-hydrogen) atoms. The molecule has 0 aromatic heterocycles. The van der Waals surface area contributed by atoms with Crippen molar-refractivity contribution >= 4 is 18.0 Å². The SMILES string of the molecule is CC(C)C[C@H](NC(=O)[C@H](Cc1ccccc1)NCC(O)[C@H](Cc1ccccc1)NC(=O)OC(C)(C)C)C(=O)OC(C)(C)C. The lowest BCUT2D eigenvalue weighted by Crippen LogP contribution is -2.55. The monoisotopic (exact) mass is 597 g/mol. The summed E-state index contributed by atoms with van der Waals surface area (Å²) in [7, 11) is 0. The fourth-order valence-electron chi connectivity index (χ4n) is 4.45. The summed E-state index contributed by atoms with van der Waals surface area (Å²) in [5.41, 5.74) is 0.437. The van der Waals surface area contributed by atoms with E-state index in [9.17, 15) is 19.5 Å². The Morgan fingerprint density at radius 1 is 0.744 bits per heavy atom. The topological polar surface area (TPSA) is 126 Å². The van der Waals surface area contributed by atoms with Crippen molar-refractivity contribution in [2.45, 2.75) is 110 Å². The van der Waals surface area contributed by atoms with Gasteiger partial charge in [-0.2, -0.15) is 0 Å². The zero-order valence-electron chi connectivity index (χ0n) is 27.0. The molecule has 0 radical (unpaired) electrons. The Bertz CT molecular complexity index is 1140. The molecule has 9 nitrogen and oxygen atoms in total. The number of esters is 1. The van der Waals surface area contributed by atoms with E-state index in [1.165, 1.54) is 0 Å². The molecule has 0 spiro atoms. The number of carbonyl (C=O) groups is 3. The average molecular weight is 598 g/mol. The Labute approximate surface area is 257 Å². The molecule has 0 aliphatic rings. The van der Waals surface area contributed by atoms with Gasteiger partial charge in [0.15, 0.2) is 0 Å². The van der Waals surface area contributed by atoms with Gasteiger partial charge >= 0.3 is 12.1 Å². The molecule has 0 fully saturated rings. The van der Waals surface area contributed by atoms with Crippen LogP contribution in [0.15, 0.2) is 60.7 Å². The summed E-state index contributed by atoms with van der Waals surface area (Å²) in [5.74, 6) is -0.734. The first-order chi connectivity index (χ1) is 20.0. The molecule has 2 aromatic rings. The Balaban J connectivity index is 2.24. The zero-order valence-corrected chi connectivity index (χ0v) is 27.0. The van der Waals surface area contributed by atoms with Crippen molar-refractivity contribution in [3.05, 3.63) is 71.8 Å². The van der Waals surface area contributed by atoms with Gasteiger partial charge in [0.25, 0.3) is 0 Å². The normalized spacial score (nSPS) is 14.7. The average Bonchev–Trinajstić information content (AvgIpc) is 2.89. The number of aliphatic hydroxyl groups is 1. The van der Waals surface area contributed by atoms with Crippen LogP contribution in [0, 0.1) is 5.92 Å². The number of nitrogens with one attached hydrogen (secondary N) is 3. The van der Waals surface area contributed by atoms with Crippen LogP contribution >= 0.6 is 0 Å². The minimum absolute atomic E-state index is 0.000493. The van der Waals surface area contributed by atoms with Crippen molar-refractivity contribution in [2.75, 3.05) is 6.54 Å². The number of aliphatic hydroxyl groups excluding tert-OH is 1. The van der Waals surface area contributed by atoms with E-state index in [0.717, 1.165) is 11.1 Å². The molecule has 0 saturated carbocycles. The number of carbonyl (C=O) groups excluding carboxylic acids is 3. The predicted molar refractivity (Wildman–Crippen MR) is 168 cm³/mol. The van der Waals surface area contributed by atoms with Crippen molar-refractivity contribution in [3.63, 3.8) is 0 Å². The summed E-state index contributed by atoms with van der Waals surface area (Å²) >= 11 is 0. The van der Waals surface area contributed by atoms with Crippen LogP contribution in [-0.2, 0) is 31.9 Å². The number of benzene rings is 2. The standard InChI is InChI=1S/C34H51N3O6/c1-23(2)19-28(31(40)42-33(3,4)5)36-30(39)27(21-25-17-13-10-14-18-25)35-22-29(38)26(20-24-15-11-9-12-16-24)37-32(41)43-34(6,7)8/h9-18,23,26-29,35,38H,19-22H2,1-8H3,(H,36,39)(H,37,41)/t26-,27-,28-,29?/m0/s1. The van der Waals surface area contributed by atoms with E-state index < -0.39 is 47.5 Å². The summed E-state index contributed by atoms with van der Waals surface area (Å²) in [5, 5.41) is 20.2. The molecule has 1 unspecified atom stereocenters. The predicted octanol–water partition coefficient (Wildman–Crippen LogP) is 4.56. The fraction of sp³-hybridized carbons (Fsp3) is 0.559. The number of hydrogen-bond acceptors (Lipinski definition) is 7. The van der Waals surface area contributed by atoms with Gasteiger partial charge in [0.2, 0.25) is 5.91 Å². The summed E-state index contributed by atoms with van der Waals surface area (Å²) in [4.78, 5) is 39.3. The molecule has 238 valence electrons. The molecule has 2 rings (SSSR count). The van der Waals surface area contributed by atoms with Crippen molar-refractivity contribution in [2.24, 2.45) is 5.92 Å². The highest BCUT2D eigenvalue weighted by molar-refractivity contribution is 5.88. The van der Waals surface area contributed by atoms with Gasteiger partial charge in [-0.3, -0.25) is 4.79 Å². The lowest BCUT2D eigenvalue weighted by atomic mass is 9.99. The van der Waals surface area contributed by atoms with E-state index in [4.69, 9.17) is 9.47 Å². The largest absolute Gasteiger partial charge is 0.458 e. The molecule has 9 heteroatoms. The van der Waals surface area contributed by atoms with Gasteiger partial charge in [0, 0.05) is 6.54 Å². The number of alkyl carbamates (subject to hydrolysis) is 1. The summed E-state index contributed by atoms with van der Waals surface area (Å²) < 4.78 is 11.0. The first-order valence-corrected chi connectivity index (χ1v) is 15.0. The van der Waals surface area contributed by atoms with Gasteiger partial charge in [-0.15, -0.1) is 0 Å². The van der Waals surface area contributed by atoms with E-state index in [-0.39, 0.29) is 18.4 Å². The fourth-order valence-corrected chi connectivity index (χ4v) is 4.45. The van der Waals surface area contributed by atoms with Crippen molar-refractivity contribution in [3.8, 4) is 0 Å². The Morgan fingerprint density at radius 2 is 1.26 bits per heavy atom. The van der Waals surface area contributed by atoms with Gasteiger partial charge in [0.05, 0.1) is 18.2 Å². The number of hydrogen-bond donors (Lipinski definition) is 4. The van der Waals surface area contributed by atoms with Crippen molar-refractivity contribution in [1.29, 1.82) is 0 Å². The minimum Gasteiger partial charge on any atom is -0.458 e. The quantitative estimate of drug-likeness (QED) is 0.235. The lowest BCUT2D eigenvalue weighted by molar-refractivity contribution is -0.159. The van der Waals surface area contributed by atoms with Crippen LogP contribution < -0.4 is 16.0 Å². The molecular weight excluding hydrogens is 546 g/mol. The number of ether oxygens (including phenoxy) is 2. The van der Waals surface area contributed by atoms with Crippen LogP contribution in [0.25, 0.3) is 0 Å². The first-order valence-electron chi connectivity index (χ1n) is 15.0. The van der Waals surface area contributed by atoms with Crippen LogP contribution in [0.2, 0.25) is 0 Å². The van der Waals surface area contributed by atoms with Gasteiger partial charge in [0.1, 0.15) is 17.2 Å². The maximum absolute atomic E-state index is 13.7. The second-order valence-electron chi connectivity index (χ2n) is 13.4. The van der Waals surface area contributed by atoms with Crippen molar-refractivity contribution < 1.29 is 29.0 Å². The lowest BCUT2D eigenvalue weighted by Gasteiger charge is -2.29. The second-order valence-corrected chi connectivity index (χ2v) is 13.4. The molecule has 0 aliphatic carbocycles. The van der Waals surface area contributed by atoms with Crippen molar-refractivity contribution in [1.82, 2.24) is 16.0 Å². The third-order valence-corrected chi connectivity index (χ3v) is 6.35. The highest BCUT2D eigenvalue weighted by Gasteiger charge is 2.31. The molecule has 2 amide bonds.